The fourth-order valence-electron chi connectivity index (χ4n) is 3.43. The van der Waals surface area contributed by atoms with E-state index in [1.54, 1.807) is 25.1 Å². The molecule has 1 aromatic carbocycles. The van der Waals surface area contributed by atoms with Crippen LogP contribution < -0.4 is 15.0 Å². The minimum Gasteiger partial charge on any atom is -0.494 e. The van der Waals surface area contributed by atoms with Crippen molar-refractivity contribution in [2.75, 3.05) is 45.7 Å². The van der Waals surface area contributed by atoms with E-state index in [0.717, 1.165) is 13.1 Å². The van der Waals surface area contributed by atoms with Gasteiger partial charge < -0.3 is 19.5 Å². The van der Waals surface area contributed by atoms with Crippen LogP contribution in [0.15, 0.2) is 22.7 Å². The number of rotatable bonds is 7. The number of anilines is 1. The molecule has 2 heterocycles. The molecule has 28 heavy (non-hydrogen) atoms. The summed E-state index contributed by atoms with van der Waals surface area (Å²) in [5.74, 6) is 0.0330. The Morgan fingerprint density at radius 2 is 2.11 bits per heavy atom. The van der Waals surface area contributed by atoms with Gasteiger partial charge in [-0.25, -0.2) is 4.39 Å². The van der Waals surface area contributed by atoms with Crippen LogP contribution in [0.25, 0.3) is 11.3 Å². The summed E-state index contributed by atoms with van der Waals surface area (Å²) in [5, 5.41) is 7.04. The van der Waals surface area contributed by atoms with Gasteiger partial charge in [0.05, 0.1) is 7.11 Å². The molecular weight excluding hydrogens is 363 g/mol. The van der Waals surface area contributed by atoms with Crippen LogP contribution in [0.2, 0.25) is 0 Å². The van der Waals surface area contributed by atoms with E-state index < -0.39 is 5.82 Å². The van der Waals surface area contributed by atoms with E-state index in [1.165, 1.54) is 32.1 Å². The molecule has 0 bridgehead atoms. The second kappa shape index (κ2) is 8.60. The Morgan fingerprint density at radius 3 is 2.75 bits per heavy atom. The van der Waals surface area contributed by atoms with Crippen LogP contribution in [0.1, 0.15) is 30.1 Å². The lowest BCUT2D eigenvalue weighted by Gasteiger charge is -2.24. The van der Waals surface area contributed by atoms with Gasteiger partial charge >= 0.3 is 0 Å². The van der Waals surface area contributed by atoms with Crippen LogP contribution in [0.3, 0.4) is 0 Å². The number of carbonyl (C=O) groups excluding carboxylic acids is 1. The number of nitrogens with zero attached hydrogens (tertiary/aromatic N) is 3. The molecule has 0 spiro atoms. The molecule has 1 fully saturated rings. The minimum atomic E-state index is -0.482. The monoisotopic (exact) mass is 390 g/mol. The van der Waals surface area contributed by atoms with Gasteiger partial charge in [-0.15, -0.1) is 0 Å². The molecule has 1 atom stereocenters. The number of benzene rings is 1. The van der Waals surface area contributed by atoms with Gasteiger partial charge in [0.2, 0.25) is 0 Å². The molecule has 0 aliphatic carbocycles. The van der Waals surface area contributed by atoms with Crippen LogP contribution in [-0.4, -0.2) is 62.8 Å². The number of hydrogen-bond donors (Lipinski definition) is 1. The molecule has 1 amide bonds. The van der Waals surface area contributed by atoms with E-state index in [0.29, 0.717) is 23.5 Å². The molecule has 152 valence electrons. The average molecular weight is 390 g/mol. The number of carbonyl (C=O) groups is 1. The molecule has 7 nitrogen and oxygen atoms in total. The zero-order valence-corrected chi connectivity index (χ0v) is 16.8. The number of amides is 1. The summed E-state index contributed by atoms with van der Waals surface area (Å²) < 4.78 is 24.3. The molecule has 0 radical (unpaired) electrons. The van der Waals surface area contributed by atoms with E-state index in [2.05, 4.69) is 22.3 Å². The van der Waals surface area contributed by atoms with Crippen LogP contribution in [-0.2, 0) is 0 Å². The van der Waals surface area contributed by atoms with Crippen molar-refractivity contribution in [3.8, 4) is 17.1 Å². The van der Waals surface area contributed by atoms with Crippen LogP contribution in [0, 0.1) is 5.82 Å². The first-order valence-corrected chi connectivity index (χ1v) is 9.45. The minimum absolute atomic E-state index is 0.0781. The lowest BCUT2D eigenvalue weighted by molar-refractivity contribution is 0.0941. The summed E-state index contributed by atoms with van der Waals surface area (Å²) in [7, 11) is 4.97. The maximum absolute atomic E-state index is 13.8. The highest BCUT2D eigenvalue weighted by Gasteiger charge is 2.27. The second-order valence-corrected chi connectivity index (χ2v) is 7.26. The zero-order valence-electron chi connectivity index (χ0n) is 16.8. The number of methoxy groups -OCH3 is 1. The predicted octanol–water partition coefficient (Wildman–Crippen LogP) is 2.77. The number of likely N-dealkylation sites (tertiary alicyclic amines) is 1. The summed E-state index contributed by atoms with van der Waals surface area (Å²) in [6.45, 7) is 4.77. The normalized spacial score (nSPS) is 15.5. The Balaban J connectivity index is 1.86. The van der Waals surface area contributed by atoms with E-state index >= 15 is 0 Å². The largest absolute Gasteiger partial charge is 0.494 e. The number of aromatic nitrogens is 1. The van der Waals surface area contributed by atoms with Crippen molar-refractivity contribution in [1.82, 2.24) is 15.4 Å². The third kappa shape index (κ3) is 4.11. The van der Waals surface area contributed by atoms with Crippen molar-refractivity contribution in [2.24, 2.45) is 0 Å². The topological polar surface area (TPSA) is 70.8 Å². The summed E-state index contributed by atoms with van der Waals surface area (Å²) in [5.41, 5.74) is 0.851. The quantitative estimate of drug-likeness (QED) is 0.784. The number of halogens is 1. The third-order valence-corrected chi connectivity index (χ3v) is 5.06. The Hall–Kier alpha value is -2.61. The molecule has 1 unspecified atom stereocenters. The molecular formula is C20H27FN4O3. The van der Waals surface area contributed by atoms with E-state index in [9.17, 15) is 9.18 Å². The van der Waals surface area contributed by atoms with Crippen molar-refractivity contribution in [1.29, 1.82) is 0 Å². The Labute approximate surface area is 164 Å². The number of ether oxygens (including phenoxy) is 1. The van der Waals surface area contributed by atoms with Crippen molar-refractivity contribution in [2.45, 2.75) is 25.8 Å². The van der Waals surface area contributed by atoms with Gasteiger partial charge in [-0.1, -0.05) is 5.16 Å². The van der Waals surface area contributed by atoms with Crippen LogP contribution >= 0.6 is 0 Å². The molecule has 1 saturated heterocycles. The molecule has 1 N–H and O–H groups in total. The summed E-state index contributed by atoms with van der Waals surface area (Å²) >= 11 is 0. The van der Waals surface area contributed by atoms with E-state index in [1.807, 2.05) is 0 Å². The summed E-state index contributed by atoms with van der Waals surface area (Å²) in [4.78, 5) is 17.1. The molecule has 1 aliphatic heterocycles. The SMILES string of the molecule is COc1cc(-c2onc(N(C)C)c2C(=O)NCC(C)N2CCCC2)ccc1F. The molecule has 0 saturated carbocycles. The first-order valence-electron chi connectivity index (χ1n) is 9.45. The summed E-state index contributed by atoms with van der Waals surface area (Å²) in [6.07, 6.45) is 2.40. The van der Waals surface area contributed by atoms with Gasteiger partial charge in [-0.05, 0) is 51.1 Å². The maximum Gasteiger partial charge on any atom is 0.259 e. The summed E-state index contributed by atoms with van der Waals surface area (Å²) in [6, 6.07) is 4.58. The van der Waals surface area contributed by atoms with Gasteiger partial charge in [0, 0.05) is 32.2 Å². The Morgan fingerprint density at radius 1 is 1.39 bits per heavy atom. The van der Waals surface area contributed by atoms with Gasteiger partial charge in [0.15, 0.2) is 23.1 Å². The first kappa shape index (κ1) is 20.1. The lowest BCUT2D eigenvalue weighted by Crippen LogP contribution is -2.40. The molecule has 2 aromatic rings. The smallest absolute Gasteiger partial charge is 0.259 e. The van der Waals surface area contributed by atoms with Gasteiger partial charge in [-0.2, -0.15) is 0 Å². The fraction of sp³-hybridized carbons (Fsp3) is 0.500. The highest BCUT2D eigenvalue weighted by Crippen LogP contribution is 2.33. The molecule has 1 aromatic heterocycles. The van der Waals surface area contributed by atoms with Crippen molar-refractivity contribution < 1.29 is 18.4 Å². The Kier molecular flexibility index (Phi) is 6.18. The van der Waals surface area contributed by atoms with Gasteiger partial charge in [-0.3, -0.25) is 9.69 Å². The van der Waals surface area contributed by atoms with Crippen LogP contribution in [0.5, 0.6) is 5.75 Å². The van der Waals surface area contributed by atoms with Crippen LogP contribution in [0.4, 0.5) is 10.2 Å². The van der Waals surface area contributed by atoms with Crippen molar-refractivity contribution in [3.63, 3.8) is 0 Å². The number of nitrogens with one attached hydrogen (secondary N) is 1. The molecule has 3 rings (SSSR count). The molecule has 8 heteroatoms. The van der Waals surface area contributed by atoms with E-state index in [-0.39, 0.29) is 23.5 Å². The van der Waals surface area contributed by atoms with Gasteiger partial charge in [0.25, 0.3) is 5.91 Å². The highest BCUT2D eigenvalue weighted by molar-refractivity contribution is 6.04. The number of hydrogen-bond acceptors (Lipinski definition) is 6. The highest BCUT2D eigenvalue weighted by atomic mass is 19.1. The molecule has 1 aliphatic rings. The average Bonchev–Trinajstić information content (AvgIpc) is 3.36. The predicted molar refractivity (Wildman–Crippen MR) is 105 cm³/mol. The third-order valence-electron chi connectivity index (χ3n) is 5.06. The van der Waals surface area contributed by atoms with Crippen molar-refractivity contribution >= 4 is 11.7 Å². The maximum atomic E-state index is 13.8. The van der Waals surface area contributed by atoms with E-state index in [4.69, 9.17) is 9.26 Å². The lowest BCUT2D eigenvalue weighted by atomic mass is 10.1. The first-order chi connectivity index (χ1) is 13.4. The zero-order chi connectivity index (χ0) is 20.3. The Bertz CT molecular complexity index is 831. The standard InChI is InChI=1S/C20H27FN4O3/c1-13(25-9-5-6-10-25)12-22-20(26)17-18(28-23-19(17)24(2)3)14-7-8-15(21)16(11-14)27-4/h7-8,11,13H,5-6,9-10,12H2,1-4H3,(H,22,26). The fourth-order valence-corrected chi connectivity index (χ4v) is 3.43. The second-order valence-electron chi connectivity index (χ2n) is 7.26. The van der Waals surface area contributed by atoms with Gasteiger partial charge in [0.1, 0.15) is 5.56 Å². The van der Waals surface area contributed by atoms with Crippen molar-refractivity contribution in [3.05, 3.63) is 29.6 Å².